The minimum absolute atomic E-state index is 0.134. The molecule has 1 aliphatic carbocycles. The highest BCUT2D eigenvalue weighted by atomic mass is 32.2. The molecule has 1 atom stereocenters. The number of carbonyl (C=O) groups excluding carboxylic acids is 1. The Morgan fingerprint density at radius 2 is 2.06 bits per heavy atom. The van der Waals surface area contributed by atoms with Gasteiger partial charge in [0.2, 0.25) is 5.91 Å². The van der Waals surface area contributed by atoms with Crippen LogP contribution in [-0.4, -0.2) is 40.1 Å². The van der Waals surface area contributed by atoms with E-state index in [4.69, 9.17) is 0 Å². The maximum absolute atomic E-state index is 12.7. The monoisotopic (exact) mass is 270 g/mol. The molecule has 2 fully saturated rings. The third kappa shape index (κ3) is 2.42. The maximum Gasteiger partial charge on any atom is 0.244 e. The van der Waals surface area contributed by atoms with Gasteiger partial charge in [0.15, 0.2) is 0 Å². The second kappa shape index (κ2) is 5.04. The molecule has 3 nitrogen and oxygen atoms in total. The normalized spacial score (nSPS) is 27.4. The molecule has 4 heteroatoms. The van der Waals surface area contributed by atoms with Crippen molar-refractivity contribution in [2.75, 3.05) is 12.8 Å². The van der Waals surface area contributed by atoms with Gasteiger partial charge in [0, 0.05) is 11.3 Å². The number of rotatable bonds is 4. The van der Waals surface area contributed by atoms with E-state index in [1.54, 1.807) is 0 Å². The molecule has 1 aliphatic heterocycles. The van der Waals surface area contributed by atoms with Crippen LogP contribution in [0, 0.1) is 0 Å². The summed E-state index contributed by atoms with van der Waals surface area (Å²) in [7, 11) is 0. The van der Waals surface area contributed by atoms with Crippen molar-refractivity contribution < 1.29 is 4.79 Å². The Bertz CT molecular complexity index is 324. The third-order valence-electron chi connectivity index (χ3n) is 4.44. The van der Waals surface area contributed by atoms with Crippen molar-refractivity contribution in [3.05, 3.63) is 0 Å². The van der Waals surface area contributed by atoms with Gasteiger partial charge in [0.25, 0.3) is 0 Å². The molecular weight excluding hydrogens is 244 g/mol. The highest BCUT2D eigenvalue weighted by molar-refractivity contribution is 7.99. The summed E-state index contributed by atoms with van der Waals surface area (Å²) in [5.74, 6) is 0.356. The predicted molar refractivity (Wildman–Crippen MR) is 77.7 cm³/mol. The fourth-order valence-electron chi connectivity index (χ4n) is 3.19. The fraction of sp³-hybridized carbons (Fsp3) is 0.929. The summed E-state index contributed by atoms with van der Waals surface area (Å²) in [4.78, 5) is 14.8. The average Bonchev–Trinajstić information content (AvgIpc) is 2.91. The molecule has 0 radical (unpaired) electrons. The highest BCUT2D eigenvalue weighted by Crippen LogP contribution is 2.38. The number of hydrogen-bond donors (Lipinski definition) is 1. The van der Waals surface area contributed by atoms with E-state index >= 15 is 0 Å². The van der Waals surface area contributed by atoms with Gasteiger partial charge in [-0.2, -0.15) is 11.8 Å². The van der Waals surface area contributed by atoms with Crippen molar-refractivity contribution in [1.29, 1.82) is 0 Å². The molecule has 1 heterocycles. The second-order valence-corrected chi connectivity index (χ2v) is 7.77. The smallest absolute Gasteiger partial charge is 0.244 e. The van der Waals surface area contributed by atoms with Crippen LogP contribution >= 0.6 is 11.8 Å². The van der Waals surface area contributed by atoms with Gasteiger partial charge in [-0.15, -0.1) is 0 Å². The topological polar surface area (TPSA) is 32.3 Å². The molecule has 0 bridgehead atoms. The Balaban J connectivity index is 2.16. The van der Waals surface area contributed by atoms with Gasteiger partial charge in [-0.3, -0.25) is 10.1 Å². The van der Waals surface area contributed by atoms with Crippen molar-refractivity contribution in [3.8, 4) is 0 Å². The van der Waals surface area contributed by atoms with Gasteiger partial charge < -0.3 is 4.90 Å². The van der Waals surface area contributed by atoms with Crippen molar-refractivity contribution in [1.82, 2.24) is 10.2 Å². The number of thioether (sulfide) groups is 1. The summed E-state index contributed by atoms with van der Waals surface area (Å²) < 4.78 is 0.134. The summed E-state index contributed by atoms with van der Waals surface area (Å²) in [6.07, 6.45) is 7.79. The van der Waals surface area contributed by atoms with E-state index in [0.717, 1.165) is 25.8 Å². The Morgan fingerprint density at radius 1 is 1.44 bits per heavy atom. The first-order chi connectivity index (χ1) is 8.44. The molecule has 0 aromatic rings. The van der Waals surface area contributed by atoms with Crippen LogP contribution in [0.1, 0.15) is 52.9 Å². The minimum Gasteiger partial charge on any atom is -0.324 e. The molecule has 0 aromatic heterocycles. The number of nitrogens with one attached hydrogen (secondary N) is 1. The van der Waals surface area contributed by atoms with E-state index in [9.17, 15) is 4.79 Å². The lowest BCUT2D eigenvalue weighted by Crippen LogP contribution is -2.45. The fourth-order valence-corrected chi connectivity index (χ4v) is 3.46. The Kier molecular flexibility index (Phi) is 3.98. The zero-order valence-electron chi connectivity index (χ0n) is 12.1. The first-order valence-corrected chi connectivity index (χ1v) is 8.30. The lowest BCUT2D eigenvalue weighted by Gasteiger charge is -2.32. The van der Waals surface area contributed by atoms with Crippen LogP contribution in [0.25, 0.3) is 0 Å². The lowest BCUT2D eigenvalue weighted by molar-refractivity contribution is -0.133. The van der Waals surface area contributed by atoms with Crippen LogP contribution in [0.3, 0.4) is 0 Å². The number of carbonyl (C=O) groups is 1. The van der Waals surface area contributed by atoms with Crippen LogP contribution < -0.4 is 5.32 Å². The average molecular weight is 270 g/mol. The van der Waals surface area contributed by atoms with Gasteiger partial charge in [-0.05, 0) is 39.4 Å². The van der Waals surface area contributed by atoms with Gasteiger partial charge in [-0.25, -0.2) is 0 Å². The number of hydrogen-bond acceptors (Lipinski definition) is 3. The zero-order chi connectivity index (χ0) is 13.4. The maximum atomic E-state index is 12.7. The first-order valence-electron chi connectivity index (χ1n) is 7.08. The molecule has 1 saturated carbocycles. The Morgan fingerprint density at radius 3 is 2.56 bits per heavy atom. The van der Waals surface area contributed by atoms with Gasteiger partial charge in [0.05, 0.1) is 11.7 Å². The second-order valence-electron chi connectivity index (χ2n) is 6.25. The molecule has 1 spiro atoms. The van der Waals surface area contributed by atoms with E-state index in [0.29, 0.717) is 5.91 Å². The van der Waals surface area contributed by atoms with E-state index in [2.05, 4.69) is 37.2 Å². The number of nitrogens with zero attached hydrogens (tertiary/aromatic N) is 1. The van der Waals surface area contributed by atoms with E-state index in [1.807, 2.05) is 11.8 Å². The molecule has 104 valence electrons. The number of amides is 1. The standard InChI is InChI=1S/C14H26N2OS/c1-5-11-15-14(8-6-7-9-14)12(17)16(11)10-13(2,3)18-4/h11,15H,5-10H2,1-4H3. The zero-order valence-corrected chi connectivity index (χ0v) is 12.9. The van der Waals surface area contributed by atoms with Crippen LogP contribution in [-0.2, 0) is 4.79 Å². The Labute approximate surface area is 115 Å². The van der Waals surface area contributed by atoms with Crippen LogP contribution in [0.15, 0.2) is 0 Å². The molecule has 2 rings (SSSR count). The minimum atomic E-state index is -0.213. The lowest BCUT2D eigenvalue weighted by atomic mass is 9.98. The van der Waals surface area contributed by atoms with E-state index in [1.165, 1.54) is 12.8 Å². The Hall–Kier alpha value is -0.220. The first kappa shape index (κ1) is 14.2. The predicted octanol–water partition coefficient (Wildman–Crippen LogP) is 2.61. The SMILES string of the molecule is CCC1NC2(CCCC2)C(=O)N1CC(C)(C)SC. The molecular formula is C14H26N2OS. The summed E-state index contributed by atoms with van der Waals surface area (Å²) >= 11 is 1.84. The van der Waals surface area contributed by atoms with Crippen LogP contribution in [0.4, 0.5) is 0 Å². The summed E-state index contributed by atoms with van der Waals surface area (Å²) in [6.45, 7) is 7.45. The van der Waals surface area contributed by atoms with E-state index < -0.39 is 0 Å². The van der Waals surface area contributed by atoms with Crippen molar-refractivity contribution in [2.45, 2.75) is 69.3 Å². The molecule has 0 aromatic carbocycles. The molecule has 1 saturated heterocycles. The summed E-state index contributed by atoms with van der Waals surface area (Å²) in [5.41, 5.74) is -0.213. The van der Waals surface area contributed by atoms with Crippen molar-refractivity contribution in [3.63, 3.8) is 0 Å². The molecule has 1 N–H and O–H groups in total. The molecule has 1 unspecified atom stereocenters. The molecule has 1 amide bonds. The van der Waals surface area contributed by atoms with Gasteiger partial charge >= 0.3 is 0 Å². The molecule has 18 heavy (non-hydrogen) atoms. The van der Waals surface area contributed by atoms with Gasteiger partial charge in [0.1, 0.15) is 0 Å². The van der Waals surface area contributed by atoms with Crippen LogP contribution in [0.2, 0.25) is 0 Å². The molecule has 2 aliphatic rings. The van der Waals surface area contributed by atoms with Gasteiger partial charge in [-0.1, -0.05) is 19.8 Å². The summed E-state index contributed by atoms with van der Waals surface area (Å²) in [5, 5.41) is 3.63. The largest absolute Gasteiger partial charge is 0.324 e. The van der Waals surface area contributed by atoms with Crippen molar-refractivity contribution >= 4 is 17.7 Å². The van der Waals surface area contributed by atoms with E-state index in [-0.39, 0.29) is 16.5 Å². The van der Waals surface area contributed by atoms with Crippen molar-refractivity contribution in [2.24, 2.45) is 0 Å². The van der Waals surface area contributed by atoms with Crippen LogP contribution in [0.5, 0.6) is 0 Å². The summed E-state index contributed by atoms with van der Waals surface area (Å²) in [6, 6.07) is 0. The third-order valence-corrected chi connectivity index (χ3v) is 5.67. The highest BCUT2D eigenvalue weighted by Gasteiger charge is 2.52. The quantitative estimate of drug-likeness (QED) is 0.852.